The molecule has 20 heavy (non-hydrogen) atoms. The van der Waals surface area contributed by atoms with E-state index >= 15 is 0 Å². The van der Waals surface area contributed by atoms with Gasteiger partial charge in [0.2, 0.25) is 0 Å². The molecule has 112 valence electrons. The monoisotopic (exact) mass is 274 g/mol. The maximum absolute atomic E-state index is 3.80. The summed E-state index contributed by atoms with van der Waals surface area (Å²) in [6.45, 7) is 3.40. The third-order valence-electron chi connectivity index (χ3n) is 4.58. The summed E-state index contributed by atoms with van der Waals surface area (Å²) in [5.74, 6) is 0.729. The molecule has 1 fully saturated rings. The molecule has 1 aliphatic rings. The van der Waals surface area contributed by atoms with E-state index in [4.69, 9.17) is 0 Å². The van der Waals surface area contributed by atoms with Crippen LogP contribution in [0.3, 0.4) is 0 Å². The Hall–Kier alpha value is -0.860. The highest BCUT2D eigenvalue weighted by Crippen LogP contribution is 2.37. The smallest absolute Gasteiger partial charge is 0.0385 e. The zero-order valence-electron chi connectivity index (χ0n) is 13.3. The van der Waals surface area contributed by atoms with Crippen LogP contribution < -0.4 is 5.32 Å². The van der Waals surface area contributed by atoms with Gasteiger partial charge in [-0.1, -0.05) is 50.1 Å². The molecule has 0 aliphatic heterocycles. The summed E-state index contributed by atoms with van der Waals surface area (Å²) in [4.78, 5) is 2.41. The van der Waals surface area contributed by atoms with Crippen LogP contribution in [-0.4, -0.2) is 31.6 Å². The summed E-state index contributed by atoms with van der Waals surface area (Å²) < 4.78 is 0. The minimum absolute atomic E-state index is 0.533. The highest BCUT2D eigenvalue weighted by Gasteiger charge is 2.33. The van der Waals surface area contributed by atoms with Crippen molar-refractivity contribution in [1.29, 1.82) is 0 Å². The summed E-state index contributed by atoms with van der Waals surface area (Å²) in [5, 5.41) is 3.80. The second-order valence-electron chi connectivity index (χ2n) is 6.33. The number of benzene rings is 1. The van der Waals surface area contributed by atoms with E-state index in [1.54, 1.807) is 0 Å². The van der Waals surface area contributed by atoms with Crippen LogP contribution in [0.15, 0.2) is 30.3 Å². The molecule has 1 N–H and O–H groups in total. The molecule has 1 aromatic rings. The standard InChI is InChI=1S/C18H30N2/c1-4-14-19-17-13-9-8-12-16(17)18(20(2)3)15-10-6-5-7-11-15/h5-7,10-11,16-19H,4,8-9,12-14H2,1-3H3. The van der Waals surface area contributed by atoms with Crippen LogP contribution >= 0.6 is 0 Å². The quantitative estimate of drug-likeness (QED) is 0.847. The van der Waals surface area contributed by atoms with Crippen molar-refractivity contribution in [2.45, 2.75) is 51.1 Å². The van der Waals surface area contributed by atoms with E-state index < -0.39 is 0 Å². The first-order valence-electron chi connectivity index (χ1n) is 8.18. The topological polar surface area (TPSA) is 15.3 Å². The number of hydrogen-bond acceptors (Lipinski definition) is 2. The summed E-state index contributed by atoms with van der Waals surface area (Å²) >= 11 is 0. The molecule has 0 radical (unpaired) electrons. The molecule has 0 saturated heterocycles. The minimum Gasteiger partial charge on any atom is -0.314 e. The van der Waals surface area contributed by atoms with Crippen molar-refractivity contribution >= 4 is 0 Å². The Morgan fingerprint density at radius 2 is 1.85 bits per heavy atom. The van der Waals surface area contributed by atoms with Crippen LogP contribution in [0.1, 0.15) is 50.6 Å². The predicted octanol–water partition coefficient (Wildman–Crippen LogP) is 3.85. The summed E-state index contributed by atoms with van der Waals surface area (Å²) in [6, 6.07) is 12.2. The molecule has 0 heterocycles. The van der Waals surface area contributed by atoms with E-state index in [1.807, 2.05) is 0 Å². The van der Waals surface area contributed by atoms with Gasteiger partial charge in [0.05, 0.1) is 0 Å². The average molecular weight is 274 g/mol. The maximum Gasteiger partial charge on any atom is 0.0385 e. The zero-order chi connectivity index (χ0) is 14.4. The van der Waals surface area contributed by atoms with Gasteiger partial charge in [0.1, 0.15) is 0 Å². The van der Waals surface area contributed by atoms with Gasteiger partial charge in [-0.05, 0) is 51.4 Å². The highest BCUT2D eigenvalue weighted by atomic mass is 15.1. The van der Waals surface area contributed by atoms with Crippen LogP contribution in [0.2, 0.25) is 0 Å². The third kappa shape index (κ3) is 3.83. The minimum atomic E-state index is 0.533. The molecule has 2 nitrogen and oxygen atoms in total. The maximum atomic E-state index is 3.80. The lowest BCUT2D eigenvalue weighted by molar-refractivity contribution is 0.134. The van der Waals surface area contributed by atoms with Crippen LogP contribution in [0, 0.1) is 5.92 Å². The van der Waals surface area contributed by atoms with E-state index in [0.717, 1.165) is 12.5 Å². The van der Waals surface area contributed by atoms with Gasteiger partial charge in [0.15, 0.2) is 0 Å². The van der Waals surface area contributed by atoms with Gasteiger partial charge in [0, 0.05) is 12.1 Å². The van der Waals surface area contributed by atoms with Gasteiger partial charge in [-0.15, -0.1) is 0 Å². The van der Waals surface area contributed by atoms with Crippen LogP contribution in [-0.2, 0) is 0 Å². The van der Waals surface area contributed by atoms with Crippen LogP contribution in [0.25, 0.3) is 0 Å². The zero-order valence-corrected chi connectivity index (χ0v) is 13.3. The Bertz CT molecular complexity index is 374. The van der Waals surface area contributed by atoms with Gasteiger partial charge >= 0.3 is 0 Å². The number of hydrogen-bond donors (Lipinski definition) is 1. The van der Waals surface area contributed by atoms with Crippen molar-refractivity contribution in [3.05, 3.63) is 35.9 Å². The SMILES string of the molecule is CCCNC1CCCCC1C(c1ccccc1)N(C)C. The molecule has 0 bridgehead atoms. The highest BCUT2D eigenvalue weighted by molar-refractivity contribution is 5.20. The summed E-state index contributed by atoms with van der Waals surface area (Å²) in [5.41, 5.74) is 1.47. The molecular formula is C18H30N2. The van der Waals surface area contributed by atoms with Gasteiger partial charge in [0.25, 0.3) is 0 Å². The van der Waals surface area contributed by atoms with Gasteiger partial charge in [-0.2, -0.15) is 0 Å². The molecule has 2 heteroatoms. The Morgan fingerprint density at radius 1 is 1.15 bits per heavy atom. The van der Waals surface area contributed by atoms with E-state index in [0.29, 0.717) is 12.1 Å². The largest absolute Gasteiger partial charge is 0.314 e. The lowest BCUT2D eigenvalue weighted by atomic mass is 9.77. The summed E-state index contributed by atoms with van der Waals surface area (Å²) in [7, 11) is 4.45. The van der Waals surface area contributed by atoms with Gasteiger partial charge in [-0.3, -0.25) is 0 Å². The van der Waals surface area contributed by atoms with Crippen molar-refractivity contribution in [3.63, 3.8) is 0 Å². The van der Waals surface area contributed by atoms with Crippen molar-refractivity contribution < 1.29 is 0 Å². The lowest BCUT2D eigenvalue weighted by Gasteiger charge is -2.41. The first kappa shape index (κ1) is 15.5. The van der Waals surface area contributed by atoms with Crippen molar-refractivity contribution in [2.75, 3.05) is 20.6 Å². The molecule has 3 unspecified atom stereocenters. The fraction of sp³-hybridized carbons (Fsp3) is 0.667. The molecule has 1 saturated carbocycles. The second kappa shape index (κ2) is 7.80. The Morgan fingerprint density at radius 3 is 2.50 bits per heavy atom. The van der Waals surface area contributed by atoms with Crippen molar-refractivity contribution in [3.8, 4) is 0 Å². The number of rotatable bonds is 6. The first-order valence-corrected chi connectivity index (χ1v) is 8.18. The van der Waals surface area contributed by atoms with E-state index in [-0.39, 0.29) is 0 Å². The number of nitrogens with one attached hydrogen (secondary N) is 1. The predicted molar refractivity (Wildman–Crippen MR) is 86.9 cm³/mol. The molecule has 0 spiro atoms. The molecular weight excluding hydrogens is 244 g/mol. The third-order valence-corrected chi connectivity index (χ3v) is 4.58. The summed E-state index contributed by atoms with van der Waals surface area (Å²) in [6.07, 6.45) is 6.67. The van der Waals surface area contributed by atoms with Crippen LogP contribution in [0.4, 0.5) is 0 Å². The van der Waals surface area contributed by atoms with E-state index in [9.17, 15) is 0 Å². The van der Waals surface area contributed by atoms with Crippen LogP contribution in [0.5, 0.6) is 0 Å². The van der Waals surface area contributed by atoms with E-state index in [2.05, 4.69) is 61.6 Å². The van der Waals surface area contributed by atoms with Crippen molar-refractivity contribution in [2.24, 2.45) is 5.92 Å². The van der Waals surface area contributed by atoms with Crippen molar-refractivity contribution in [1.82, 2.24) is 10.2 Å². The second-order valence-corrected chi connectivity index (χ2v) is 6.33. The van der Waals surface area contributed by atoms with E-state index in [1.165, 1.54) is 37.7 Å². The molecule has 0 amide bonds. The Labute approximate surface area is 124 Å². The molecule has 2 rings (SSSR count). The fourth-order valence-corrected chi connectivity index (χ4v) is 3.70. The molecule has 0 aromatic heterocycles. The Kier molecular flexibility index (Phi) is 6.06. The fourth-order valence-electron chi connectivity index (χ4n) is 3.70. The Balaban J connectivity index is 2.17. The normalized spacial score (nSPS) is 24.8. The lowest BCUT2D eigenvalue weighted by Crippen LogP contribution is -2.44. The molecule has 1 aromatic carbocycles. The number of nitrogens with zero attached hydrogens (tertiary/aromatic N) is 1. The molecule has 1 aliphatic carbocycles. The average Bonchev–Trinajstić information content (AvgIpc) is 2.47. The van der Waals surface area contributed by atoms with Gasteiger partial charge in [-0.25, -0.2) is 0 Å². The van der Waals surface area contributed by atoms with Gasteiger partial charge < -0.3 is 10.2 Å². The first-order chi connectivity index (χ1) is 9.74. The molecule has 3 atom stereocenters.